The van der Waals surface area contributed by atoms with Crippen LogP contribution in [-0.4, -0.2) is 5.11 Å². The lowest BCUT2D eigenvalue weighted by atomic mass is 9.83. The first-order valence-electron chi connectivity index (χ1n) is 8.77. The Labute approximate surface area is 154 Å². The molecule has 0 radical (unpaired) electrons. The van der Waals surface area contributed by atoms with Crippen molar-refractivity contribution in [2.45, 2.75) is 33.1 Å². The van der Waals surface area contributed by atoms with Gasteiger partial charge < -0.3 is 5.11 Å². The lowest BCUT2D eigenvalue weighted by molar-refractivity contribution is 0.471. The van der Waals surface area contributed by atoms with Crippen LogP contribution in [-0.2, 0) is 0 Å². The Morgan fingerprint density at radius 3 is 2.35 bits per heavy atom. The Bertz CT molecular complexity index is 935. The second-order valence-electron chi connectivity index (χ2n) is 6.90. The molecule has 3 nitrogen and oxygen atoms in total. The number of nitrogens with zero attached hydrogens (tertiary/aromatic N) is 1. The number of phenols is 1. The number of benzene rings is 2. The Morgan fingerprint density at radius 1 is 1.00 bits per heavy atom. The first-order valence-corrected chi connectivity index (χ1v) is 8.77. The van der Waals surface area contributed by atoms with Gasteiger partial charge in [-0.2, -0.15) is 0 Å². The summed E-state index contributed by atoms with van der Waals surface area (Å²) in [4.78, 5) is 10.9. The molecular weight excluding hydrogens is 322 g/mol. The zero-order chi connectivity index (χ0) is 18.7. The van der Waals surface area contributed by atoms with Gasteiger partial charge in [0.25, 0.3) is 0 Å². The quantitative estimate of drug-likeness (QED) is 0.654. The number of rotatable bonds is 4. The standard InChI is InChI=1S/C23H23NO2/c1-15-5-4-6-18(8-7-15)23(20-10-12-22(25)17(3)14-20)19-9-11-21(24-26)16(2)13-19/h4-6,8-14,23,25H,7H2,1-3H3. The van der Waals surface area contributed by atoms with Crippen LogP contribution in [0, 0.1) is 18.8 Å². The van der Waals surface area contributed by atoms with Crippen molar-refractivity contribution in [3.05, 3.63) is 99.0 Å². The SMILES string of the molecule is CC1=CC=CC(C(c2ccc(O)c(C)c2)c2ccc(N=O)c(C)c2)=CC1. The topological polar surface area (TPSA) is 49.7 Å². The van der Waals surface area contributed by atoms with Crippen LogP contribution in [0.1, 0.15) is 41.5 Å². The fraction of sp³-hybridized carbons (Fsp3) is 0.217. The molecule has 1 N–H and O–H groups in total. The molecule has 1 aliphatic rings. The summed E-state index contributed by atoms with van der Waals surface area (Å²) in [5.74, 6) is 0.330. The average Bonchev–Trinajstić information content (AvgIpc) is 2.83. The summed E-state index contributed by atoms with van der Waals surface area (Å²) in [6, 6.07) is 11.5. The van der Waals surface area contributed by atoms with Crippen molar-refractivity contribution in [1.29, 1.82) is 0 Å². The lowest BCUT2D eigenvalue weighted by Crippen LogP contribution is -2.05. The zero-order valence-electron chi connectivity index (χ0n) is 15.4. The molecule has 1 aliphatic carbocycles. The first-order chi connectivity index (χ1) is 12.5. The predicted octanol–water partition coefficient (Wildman–Crippen LogP) is 6.37. The minimum Gasteiger partial charge on any atom is -0.508 e. The minimum absolute atomic E-state index is 0.0317. The lowest BCUT2D eigenvalue weighted by Gasteiger charge is -2.21. The Kier molecular flexibility index (Phi) is 5.17. The molecule has 0 saturated heterocycles. The zero-order valence-corrected chi connectivity index (χ0v) is 15.4. The summed E-state index contributed by atoms with van der Waals surface area (Å²) in [6.07, 6.45) is 9.52. The van der Waals surface area contributed by atoms with E-state index in [1.807, 2.05) is 38.1 Å². The van der Waals surface area contributed by atoms with Crippen LogP contribution in [0.2, 0.25) is 0 Å². The van der Waals surface area contributed by atoms with Gasteiger partial charge in [0.1, 0.15) is 11.4 Å². The summed E-state index contributed by atoms with van der Waals surface area (Å²) in [6.45, 7) is 5.93. The monoisotopic (exact) mass is 345 g/mol. The summed E-state index contributed by atoms with van der Waals surface area (Å²) in [5.41, 5.74) is 6.92. The number of phenolic OH excluding ortho intramolecular Hbond substituents is 1. The largest absolute Gasteiger partial charge is 0.508 e. The highest BCUT2D eigenvalue weighted by Crippen LogP contribution is 2.37. The molecule has 3 heteroatoms. The van der Waals surface area contributed by atoms with Gasteiger partial charge >= 0.3 is 0 Å². The molecule has 0 heterocycles. The molecule has 0 aromatic heterocycles. The van der Waals surface area contributed by atoms with E-state index in [4.69, 9.17) is 0 Å². The van der Waals surface area contributed by atoms with E-state index in [0.717, 1.165) is 28.7 Å². The highest BCUT2D eigenvalue weighted by atomic mass is 16.3. The van der Waals surface area contributed by atoms with E-state index >= 15 is 0 Å². The summed E-state index contributed by atoms with van der Waals surface area (Å²) < 4.78 is 0. The van der Waals surface area contributed by atoms with E-state index in [1.54, 1.807) is 12.1 Å². The third kappa shape index (κ3) is 3.67. The molecule has 2 aromatic carbocycles. The van der Waals surface area contributed by atoms with Gasteiger partial charge in [0.05, 0.1) is 0 Å². The van der Waals surface area contributed by atoms with Crippen LogP contribution < -0.4 is 0 Å². The molecule has 0 aliphatic heterocycles. The van der Waals surface area contributed by atoms with Crippen molar-refractivity contribution < 1.29 is 5.11 Å². The average molecular weight is 345 g/mol. The van der Waals surface area contributed by atoms with E-state index in [2.05, 4.69) is 36.4 Å². The van der Waals surface area contributed by atoms with Crippen molar-refractivity contribution in [1.82, 2.24) is 0 Å². The molecule has 3 rings (SSSR count). The van der Waals surface area contributed by atoms with E-state index in [-0.39, 0.29) is 5.92 Å². The van der Waals surface area contributed by atoms with E-state index in [1.165, 1.54) is 11.1 Å². The van der Waals surface area contributed by atoms with Gasteiger partial charge in [-0.1, -0.05) is 54.1 Å². The highest BCUT2D eigenvalue weighted by Gasteiger charge is 2.20. The maximum atomic E-state index is 10.9. The maximum absolute atomic E-state index is 10.9. The molecule has 1 unspecified atom stereocenters. The first kappa shape index (κ1) is 17.9. The van der Waals surface area contributed by atoms with Gasteiger partial charge in [-0.25, -0.2) is 0 Å². The van der Waals surface area contributed by atoms with E-state index in [0.29, 0.717) is 11.4 Å². The molecule has 0 spiro atoms. The van der Waals surface area contributed by atoms with Crippen LogP contribution in [0.15, 0.2) is 77.0 Å². The smallest absolute Gasteiger partial charge is 0.118 e. The fourth-order valence-corrected chi connectivity index (χ4v) is 3.35. The van der Waals surface area contributed by atoms with Crippen molar-refractivity contribution in [2.75, 3.05) is 0 Å². The molecule has 0 bridgehead atoms. The van der Waals surface area contributed by atoms with Gasteiger partial charge in [0.15, 0.2) is 0 Å². The van der Waals surface area contributed by atoms with Gasteiger partial charge in [-0.3, -0.25) is 0 Å². The van der Waals surface area contributed by atoms with Crippen molar-refractivity contribution >= 4 is 5.69 Å². The Hall–Kier alpha value is -2.94. The normalized spacial score (nSPS) is 15.0. The predicted molar refractivity (Wildman–Crippen MR) is 107 cm³/mol. The van der Waals surface area contributed by atoms with Gasteiger partial charge in [0.2, 0.25) is 0 Å². The maximum Gasteiger partial charge on any atom is 0.118 e. The van der Waals surface area contributed by atoms with Gasteiger partial charge in [-0.05, 0) is 72.3 Å². The molecule has 0 fully saturated rings. The van der Waals surface area contributed by atoms with E-state index in [9.17, 15) is 10.0 Å². The highest BCUT2D eigenvalue weighted by molar-refractivity contribution is 5.54. The number of hydrogen-bond acceptors (Lipinski definition) is 3. The summed E-state index contributed by atoms with van der Waals surface area (Å²) in [5, 5.41) is 13.0. The number of hydrogen-bond donors (Lipinski definition) is 1. The molecule has 0 saturated carbocycles. The second kappa shape index (κ2) is 7.52. The Balaban J connectivity index is 2.14. The molecule has 1 atom stereocenters. The third-order valence-electron chi connectivity index (χ3n) is 4.87. The van der Waals surface area contributed by atoms with Crippen molar-refractivity contribution in [2.24, 2.45) is 5.18 Å². The van der Waals surface area contributed by atoms with Crippen molar-refractivity contribution in [3.8, 4) is 5.75 Å². The van der Waals surface area contributed by atoms with Crippen LogP contribution in [0.3, 0.4) is 0 Å². The number of aromatic hydroxyl groups is 1. The second-order valence-corrected chi connectivity index (χ2v) is 6.90. The Morgan fingerprint density at radius 2 is 1.69 bits per heavy atom. The third-order valence-corrected chi connectivity index (χ3v) is 4.87. The fourth-order valence-electron chi connectivity index (χ4n) is 3.35. The minimum atomic E-state index is 0.0317. The summed E-state index contributed by atoms with van der Waals surface area (Å²) >= 11 is 0. The molecule has 26 heavy (non-hydrogen) atoms. The number of nitroso groups, excluding NO2 is 1. The van der Waals surface area contributed by atoms with Crippen LogP contribution in [0.25, 0.3) is 0 Å². The van der Waals surface area contributed by atoms with Crippen LogP contribution >= 0.6 is 0 Å². The van der Waals surface area contributed by atoms with Crippen LogP contribution in [0.5, 0.6) is 5.75 Å². The van der Waals surface area contributed by atoms with Crippen LogP contribution in [0.4, 0.5) is 5.69 Å². The molecule has 2 aromatic rings. The van der Waals surface area contributed by atoms with Crippen molar-refractivity contribution in [3.63, 3.8) is 0 Å². The number of allylic oxidation sites excluding steroid dienone is 6. The summed E-state index contributed by atoms with van der Waals surface area (Å²) in [7, 11) is 0. The molecule has 132 valence electrons. The molecular formula is C23H23NO2. The van der Waals surface area contributed by atoms with E-state index < -0.39 is 0 Å². The number of aryl methyl sites for hydroxylation is 2. The van der Waals surface area contributed by atoms with Gasteiger partial charge in [0, 0.05) is 5.92 Å². The van der Waals surface area contributed by atoms with Gasteiger partial charge in [-0.15, -0.1) is 4.91 Å². The molecule has 0 amide bonds.